The van der Waals surface area contributed by atoms with Gasteiger partial charge in [0.05, 0.1) is 18.7 Å². The predicted octanol–water partition coefficient (Wildman–Crippen LogP) is 1.33. The third-order valence-corrected chi connectivity index (χ3v) is 4.93. The lowest BCUT2D eigenvalue weighted by atomic mass is 10.1. The minimum atomic E-state index is 0.170. The maximum absolute atomic E-state index is 12.5. The molecule has 1 saturated heterocycles. The number of hydrogen-bond donors (Lipinski definition) is 1. The number of piperazine rings is 1. The first kappa shape index (κ1) is 17.6. The highest BCUT2D eigenvalue weighted by Crippen LogP contribution is 2.13. The van der Waals surface area contributed by atoms with E-state index in [9.17, 15) is 9.90 Å². The summed E-state index contributed by atoms with van der Waals surface area (Å²) in [6.07, 6.45) is 5.01. The van der Waals surface area contributed by atoms with E-state index in [0.29, 0.717) is 6.42 Å². The van der Waals surface area contributed by atoms with Crippen LogP contribution in [0.5, 0.6) is 0 Å². The van der Waals surface area contributed by atoms with Crippen molar-refractivity contribution >= 4 is 5.91 Å². The summed E-state index contributed by atoms with van der Waals surface area (Å²) < 4.78 is 1.80. The van der Waals surface area contributed by atoms with Crippen LogP contribution < -0.4 is 0 Å². The van der Waals surface area contributed by atoms with Crippen molar-refractivity contribution in [3.63, 3.8) is 0 Å². The largest absolute Gasteiger partial charge is 0.395 e. The standard InChI is InChI=1S/C19H26N4O2/c1-2-17(15-24)21-10-12-22(13-11-21)19(25)14-16-4-6-18(7-5-16)23-9-3-8-20-23/h3-9,17,24H,2,10-15H2,1H3. The van der Waals surface area contributed by atoms with Crippen molar-refractivity contribution in [2.75, 3.05) is 32.8 Å². The number of aliphatic hydroxyl groups is 1. The fourth-order valence-corrected chi connectivity index (χ4v) is 3.31. The third kappa shape index (κ3) is 4.27. The van der Waals surface area contributed by atoms with Crippen LogP contribution in [0.1, 0.15) is 18.9 Å². The van der Waals surface area contributed by atoms with Crippen molar-refractivity contribution < 1.29 is 9.90 Å². The molecule has 25 heavy (non-hydrogen) atoms. The van der Waals surface area contributed by atoms with E-state index >= 15 is 0 Å². The molecule has 1 unspecified atom stereocenters. The summed E-state index contributed by atoms with van der Waals surface area (Å²) in [5.41, 5.74) is 2.01. The molecule has 0 spiro atoms. The Bertz CT molecular complexity index is 657. The number of carbonyl (C=O) groups excluding carboxylic acids is 1. The second kappa shape index (κ2) is 8.27. The molecule has 1 atom stereocenters. The Hall–Kier alpha value is -2.18. The molecule has 134 valence electrons. The fraction of sp³-hybridized carbons (Fsp3) is 0.474. The zero-order chi connectivity index (χ0) is 17.6. The van der Waals surface area contributed by atoms with Gasteiger partial charge in [0, 0.05) is 44.6 Å². The number of aliphatic hydroxyl groups excluding tert-OH is 1. The summed E-state index contributed by atoms with van der Waals surface area (Å²) in [5, 5.41) is 13.6. The lowest BCUT2D eigenvalue weighted by Crippen LogP contribution is -2.53. The van der Waals surface area contributed by atoms with Crippen molar-refractivity contribution in [2.24, 2.45) is 0 Å². The molecule has 2 heterocycles. The maximum Gasteiger partial charge on any atom is 0.227 e. The highest BCUT2D eigenvalue weighted by molar-refractivity contribution is 5.79. The first-order valence-electron chi connectivity index (χ1n) is 8.93. The van der Waals surface area contributed by atoms with E-state index in [1.807, 2.05) is 41.4 Å². The summed E-state index contributed by atoms with van der Waals surface area (Å²) in [5.74, 6) is 0.170. The third-order valence-electron chi connectivity index (χ3n) is 4.93. The number of rotatable bonds is 6. The van der Waals surface area contributed by atoms with Crippen LogP contribution in [0.25, 0.3) is 5.69 Å². The molecule has 1 aromatic carbocycles. The number of carbonyl (C=O) groups is 1. The Morgan fingerprint density at radius 1 is 1.20 bits per heavy atom. The van der Waals surface area contributed by atoms with Gasteiger partial charge in [0.25, 0.3) is 0 Å². The summed E-state index contributed by atoms with van der Waals surface area (Å²) in [6, 6.07) is 10.1. The Kier molecular flexibility index (Phi) is 5.83. The summed E-state index contributed by atoms with van der Waals surface area (Å²) in [6.45, 7) is 5.42. The highest BCUT2D eigenvalue weighted by Gasteiger charge is 2.24. The van der Waals surface area contributed by atoms with Crippen molar-refractivity contribution in [1.82, 2.24) is 19.6 Å². The van der Waals surface area contributed by atoms with Crippen LogP contribution in [-0.2, 0) is 11.2 Å². The van der Waals surface area contributed by atoms with E-state index in [1.54, 1.807) is 10.9 Å². The molecule has 6 nitrogen and oxygen atoms in total. The number of amides is 1. The molecule has 0 bridgehead atoms. The van der Waals surface area contributed by atoms with Gasteiger partial charge in [-0.25, -0.2) is 4.68 Å². The van der Waals surface area contributed by atoms with Crippen molar-refractivity contribution in [3.8, 4) is 5.69 Å². The van der Waals surface area contributed by atoms with E-state index < -0.39 is 0 Å². The van der Waals surface area contributed by atoms with Gasteiger partial charge >= 0.3 is 0 Å². The maximum atomic E-state index is 12.5. The minimum absolute atomic E-state index is 0.170. The van der Waals surface area contributed by atoms with Gasteiger partial charge in [0.2, 0.25) is 5.91 Å². The van der Waals surface area contributed by atoms with E-state index in [1.165, 1.54) is 0 Å². The summed E-state index contributed by atoms with van der Waals surface area (Å²) in [7, 11) is 0. The van der Waals surface area contributed by atoms with Crippen LogP contribution in [-0.4, -0.2) is 69.4 Å². The lowest BCUT2D eigenvalue weighted by Gasteiger charge is -2.38. The van der Waals surface area contributed by atoms with Gasteiger partial charge in [-0.1, -0.05) is 19.1 Å². The Balaban J connectivity index is 1.53. The monoisotopic (exact) mass is 342 g/mol. The van der Waals surface area contributed by atoms with Gasteiger partial charge in [0.15, 0.2) is 0 Å². The van der Waals surface area contributed by atoms with Gasteiger partial charge in [-0.05, 0) is 30.2 Å². The highest BCUT2D eigenvalue weighted by atomic mass is 16.3. The van der Waals surface area contributed by atoms with Gasteiger partial charge in [-0.3, -0.25) is 9.69 Å². The minimum Gasteiger partial charge on any atom is -0.395 e. The topological polar surface area (TPSA) is 61.6 Å². The average molecular weight is 342 g/mol. The van der Waals surface area contributed by atoms with Crippen LogP contribution in [0, 0.1) is 0 Å². The second-order valence-corrected chi connectivity index (χ2v) is 6.46. The first-order valence-corrected chi connectivity index (χ1v) is 8.93. The van der Waals surface area contributed by atoms with Gasteiger partial charge in [0.1, 0.15) is 0 Å². The van der Waals surface area contributed by atoms with E-state index in [4.69, 9.17) is 0 Å². The normalized spacial score (nSPS) is 16.8. The van der Waals surface area contributed by atoms with Crippen molar-refractivity contribution in [2.45, 2.75) is 25.8 Å². The summed E-state index contributed by atoms with van der Waals surface area (Å²) in [4.78, 5) is 16.8. The fourth-order valence-electron chi connectivity index (χ4n) is 3.31. The molecule has 6 heteroatoms. The zero-order valence-electron chi connectivity index (χ0n) is 14.7. The van der Waals surface area contributed by atoms with Crippen LogP contribution in [0.2, 0.25) is 0 Å². The smallest absolute Gasteiger partial charge is 0.227 e. The SMILES string of the molecule is CCC(CO)N1CCN(C(=O)Cc2ccc(-n3cccn3)cc2)CC1. The molecule has 1 fully saturated rings. The van der Waals surface area contributed by atoms with Crippen LogP contribution >= 0.6 is 0 Å². The van der Waals surface area contributed by atoms with Gasteiger partial charge < -0.3 is 10.0 Å². The molecule has 1 aliphatic heterocycles. The zero-order valence-corrected chi connectivity index (χ0v) is 14.7. The lowest BCUT2D eigenvalue weighted by molar-refractivity contribution is -0.132. The van der Waals surface area contributed by atoms with Crippen molar-refractivity contribution in [3.05, 3.63) is 48.3 Å². The molecule has 0 saturated carbocycles. The second-order valence-electron chi connectivity index (χ2n) is 6.46. The number of hydrogen-bond acceptors (Lipinski definition) is 4. The molecule has 3 rings (SSSR count). The quantitative estimate of drug-likeness (QED) is 0.860. The molecule has 0 aliphatic carbocycles. The van der Waals surface area contributed by atoms with Crippen LogP contribution in [0.3, 0.4) is 0 Å². The van der Waals surface area contributed by atoms with Crippen LogP contribution in [0.15, 0.2) is 42.7 Å². The Morgan fingerprint density at radius 3 is 2.48 bits per heavy atom. The van der Waals surface area contributed by atoms with E-state index in [-0.39, 0.29) is 18.6 Å². The molecular formula is C19H26N4O2. The average Bonchev–Trinajstić information content (AvgIpc) is 3.18. The predicted molar refractivity (Wildman–Crippen MR) is 96.6 cm³/mol. The molecule has 1 N–H and O–H groups in total. The molecule has 0 radical (unpaired) electrons. The number of aromatic nitrogens is 2. The Morgan fingerprint density at radius 2 is 1.92 bits per heavy atom. The number of benzene rings is 1. The van der Waals surface area contributed by atoms with Gasteiger partial charge in [-0.2, -0.15) is 5.10 Å². The summed E-state index contributed by atoms with van der Waals surface area (Å²) >= 11 is 0. The Labute approximate surface area is 148 Å². The molecule has 1 aliphatic rings. The van der Waals surface area contributed by atoms with E-state index in [2.05, 4.69) is 16.9 Å². The first-order chi connectivity index (χ1) is 12.2. The van der Waals surface area contributed by atoms with Crippen LogP contribution in [0.4, 0.5) is 0 Å². The molecule has 1 amide bonds. The number of nitrogens with zero attached hydrogens (tertiary/aromatic N) is 4. The van der Waals surface area contributed by atoms with Crippen molar-refractivity contribution in [1.29, 1.82) is 0 Å². The van der Waals surface area contributed by atoms with Gasteiger partial charge in [-0.15, -0.1) is 0 Å². The molecule has 1 aromatic heterocycles. The molecule has 2 aromatic rings. The molecular weight excluding hydrogens is 316 g/mol. The van der Waals surface area contributed by atoms with E-state index in [0.717, 1.165) is 43.9 Å².